The van der Waals surface area contributed by atoms with Gasteiger partial charge < -0.3 is 24.9 Å². The third-order valence-electron chi connectivity index (χ3n) is 7.64. The fourth-order valence-electron chi connectivity index (χ4n) is 5.91. The van der Waals surface area contributed by atoms with E-state index in [9.17, 15) is 14.7 Å². The number of carbonyl (C=O) groups is 1. The van der Waals surface area contributed by atoms with E-state index in [0.717, 1.165) is 12.8 Å². The van der Waals surface area contributed by atoms with Crippen LogP contribution in [0.2, 0.25) is 0 Å². The summed E-state index contributed by atoms with van der Waals surface area (Å²) in [4.78, 5) is 38.7. The topological polar surface area (TPSA) is 116 Å². The van der Waals surface area contributed by atoms with Gasteiger partial charge in [-0.2, -0.15) is 0 Å². The predicted octanol–water partition coefficient (Wildman–Crippen LogP) is 4.10. The molecular weight excluding hydrogens is 499 g/mol. The van der Waals surface area contributed by atoms with Crippen LogP contribution in [0.1, 0.15) is 46.9 Å². The first-order valence-corrected chi connectivity index (χ1v) is 12.9. The molecule has 9 nitrogen and oxygen atoms in total. The van der Waals surface area contributed by atoms with Gasteiger partial charge in [0.25, 0.3) is 11.5 Å². The lowest BCUT2D eigenvalue weighted by Crippen LogP contribution is -2.41. The molecule has 0 fully saturated rings. The van der Waals surface area contributed by atoms with Crippen molar-refractivity contribution in [3.05, 3.63) is 87.2 Å². The fourth-order valence-corrected chi connectivity index (χ4v) is 5.91. The molecule has 1 aliphatic carbocycles. The zero-order chi connectivity index (χ0) is 27.5. The molecule has 0 spiro atoms. The first-order valence-electron chi connectivity index (χ1n) is 12.9. The SMILES string of the molecule is Cc1[nH]c(=O)c(Nc2ccncn2)cc1-c1cc(F)cc(N2CCn3c(cc4c3CC(C)(C)C4)C2=O)c1CO. The highest BCUT2D eigenvalue weighted by Gasteiger charge is 2.37. The van der Waals surface area contributed by atoms with E-state index in [1.165, 1.54) is 29.7 Å². The smallest absolute Gasteiger partial charge is 0.274 e. The van der Waals surface area contributed by atoms with E-state index < -0.39 is 12.4 Å². The van der Waals surface area contributed by atoms with Gasteiger partial charge in [0.1, 0.15) is 29.3 Å². The van der Waals surface area contributed by atoms with Crippen molar-refractivity contribution in [3.63, 3.8) is 0 Å². The van der Waals surface area contributed by atoms with Gasteiger partial charge in [-0.05, 0) is 66.6 Å². The maximum absolute atomic E-state index is 15.2. The van der Waals surface area contributed by atoms with Crippen LogP contribution in [-0.4, -0.2) is 37.1 Å². The van der Waals surface area contributed by atoms with Crippen LogP contribution in [0.5, 0.6) is 0 Å². The van der Waals surface area contributed by atoms with Crippen LogP contribution < -0.4 is 15.8 Å². The molecule has 0 atom stereocenters. The van der Waals surface area contributed by atoms with Gasteiger partial charge in [-0.1, -0.05) is 13.8 Å². The Hall–Kier alpha value is -4.31. The third-order valence-corrected chi connectivity index (χ3v) is 7.64. The van der Waals surface area contributed by atoms with Gasteiger partial charge in [0.05, 0.1) is 12.3 Å². The van der Waals surface area contributed by atoms with E-state index in [1.807, 2.05) is 6.07 Å². The number of nitrogens with zero attached hydrogens (tertiary/aromatic N) is 4. The zero-order valence-corrected chi connectivity index (χ0v) is 22.0. The molecule has 0 saturated heterocycles. The van der Waals surface area contributed by atoms with Crippen LogP contribution in [0.15, 0.2) is 47.7 Å². The number of rotatable bonds is 5. The van der Waals surface area contributed by atoms with Crippen molar-refractivity contribution in [3.8, 4) is 11.1 Å². The Bertz CT molecular complexity index is 1670. The molecule has 0 unspecified atom stereocenters. The van der Waals surface area contributed by atoms with Crippen LogP contribution in [0.3, 0.4) is 0 Å². The number of pyridine rings is 1. The largest absolute Gasteiger partial charge is 0.392 e. The number of aromatic amines is 1. The third kappa shape index (κ3) is 4.30. The average molecular weight is 529 g/mol. The number of H-pyrrole nitrogens is 1. The fraction of sp³-hybridized carbons (Fsp3) is 0.310. The molecule has 0 saturated carbocycles. The summed E-state index contributed by atoms with van der Waals surface area (Å²) in [7, 11) is 0. The van der Waals surface area contributed by atoms with Crippen molar-refractivity contribution in [2.45, 2.75) is 46.8 Å². The molecule has 3 aromatic heterocycles. The Kier molecular flexibility index (Phi) is 5.87. The number of amides is 1. The lowest BCUT2D eigenvalue weighted by Gasteiger charge is -2.32. The van der Waals surface area contributed by atoms with Crippen molar-refractivity contribution in [1.82, 2.24) is 19.5 Å². The predicted molar refractivity (Wildman–Crippen MR) is 146 cm³/mol. The summed E-state index contributed by atoms with van der Waals surface area (Å²) in [6, 6.07) is 7.80. The standard InChI is InChI=1S/C29H29FN6O3/c1-16-19(11-22(27(38)33-16)34-26-4-5-31-15-32-26)20-9-18(30)10-23(21(20)14-37)36-7-6-35-24(28(36)39)8-17-12-29(2,3)13-25(17)35/h4-5,8-11,15,37H,6-7,12-14H2,1-3H3,(H,33,38)(H,31,32,34). The minimum absolute atomic E-state index is 0.171. The summed E-state index contributed by atoms with van der Waals surface area (Å²) < 4.78 is 17.3. The number of halogens is 1. The summed E-state index contributed by atoms with van der Waals surface area (Å²) in [5.74, 6) is -0.347. The Morgan fingerprint density at radius 1 is 1.13 bits per heavy atom. The van der Waals surface area contributed by atoms with Gasteiger partial charge in [0, 0.05) is 41.8 Å². The molecule has 2 aliphatic rings. The number of benzene rings is 1. The molecule has 200 valence electrons. The number of aromatic nitrogens is 4. The van der Waals surface area contributed by atoms with E-state index >= 15 is 4.39 Å². The van der Waals surface area contributed by atoms with Gasteiger partial charge in [-0.3, -0.25) is 9.59 Å². The molecule has 1 aromatic carbocycles. The van der Waals surface area contributed by atoms with E-state index in [0.29, 0.717) is 52.7 Å². The van der Waals surface area contributed by atoms with E-state index in [4.69, 9.17) is 0 Å². The summed E-state index contributed by atoms with van der Waals surface area (Å²) in [5, 5.41) is 13.5. The lowest BCUT2D eigenvalue weighted by molar-refractivity contribution is 0.0963. The second-order valence-corrected chi connectivity index (χ2v) is 11.0. The Morgan fingerprint density at radius 3 is 2.69 bits per heavy atom. The van der Waals surface area contributed by atoms with Crippen LogP contribution in [0, 0.1) is 18.2 Å². The molecule has 39 heavy (non-hydrogen) atoms. The zero-order valence-electron chi connectivity index (χ0n) is 22.0. The number of aryl methyl sites for hydroxylation is 1. The van der Waals surface area contributed by atoms with E-state index in [1.54, 1.807) is 30.2 Å². The number of anilines is 3. The molecule has 10 heteroatoms. The van der Waals surface area contributed by atoms with Crippen LogP contribution in [0.25, 0.3) is 11.1 Å². The van der Waals surface area contributed by atoms with Crippen molar-refractivity contribution in [2.75, 3.05) is 16.8 Å². The molecular formula is C29H29FN6O3. The van der Waals surface area contributed by atoms with Crippen LogP contribution in [0.4, 0.5) is 21.6 Å². The molecule has 1 amide bonds. The average Bonchev–Trinajstić information content (AvgIpc) is 3.38. The molecule has 4 aromatic rings. The summed E-state index contributed by atoms with van der Waals surface area (Å²) in [5.41, 5.74) is 5.12. The molecule has 3 N–H and O–H groups in total. The molecule has 6 rings (SSSR count). The molecule has 4 heterocycles. The highest BCUT2D eigenvalue weighted by atomic mass is 19.1. The minimum Gasteiger partial charge on any atom is -0.392 e. The quantitative estimate of drug-likeness (QED) is 0.359. The Labute approximate surface area is 224 Å². The summed E-state index contributed by atoms with van der Waals surface area (Å²) in [6.45, 7) is 6.69. The van der Waals surface area contributed by atoms with Crippen LogP contribution in [-0.2, 0) is 26.0 Å². The monoisotopic (exact) mass is 528 g/mol. The normalized spacial score (nSPS) is 15.8. The van der Waals surface area contributed by atoms with Crippen molar-refractivity contribution >= 4 is 23.1 Å². The van der Waals surface area contributed by atoms with Gasteiger partial charge in [0.15, 0.2) is 0 Å². The Balaban J connectivity index is 1.42. The highest BCUT2D eigenvalue weighted by molar-refractivity contribution is 6.07. The number of aliphatic hydroxyl groups is 1. The van der Waals surface area contributed by atoms with Gasteiger partial charge in [0.2, 0.25) is 0 Å². The van der Waals surface area contributed by atoms with Gasteiger partial charge in [-0.15, -0.1) is 0 Å². The number of nitrogens with one attached hydrogen (secondary N) is 2. The molecule has 0 bridgehead atoms. The first-order chi connectivity index (χ1) is 18.6. The van der Waals surface area contributed by atoms with Crippen molar-refractivity contribution in [2.24, 2.45) is 5.41 Å². The maximum atomic E-state index is 15.2. The van der Waals surface area contributed by atoms with E-state index in [2.05, 4.69) is 38.7 Å². The van der Waals surface area contributed by atoms with Crippen molar-refractivity contribution < 1.29 is 14.3 Å². The van der Waals surface area contributed by atoms with E-state index in [-0.39, 0.29) is 22.6 Å². The lowest BCUT2D eigenvalue weighted by atomic mass is 9.90. The number of fused-ring (bicyclic) bond motifs is 3. The Morgan fingerprint density at radius 2 is 1.95 bits per heavy atom. The number of aliphatic hydroxyl groups excluding tert-OH is 1. The maximum Gasteiger partial charge on any atom is 0.274 e. The number of hydrogen-bond donors (Lipinski definition) is 3. The summed E-state index contributed by atoms with van der Waals surface area (Å²) in [6.07, 6.45) is 4.73. The number of hydrogen-bond acceptors (Lipinski definition) is 6. The van der Waals surface area contributed by atoms with Crippen molar-refractivity contribution in [1.29, 1.82) is 0 Å². The molecule has 0 radical (unpaired) electrons. The summed E-state index contributed by atoms with van der Waals surface area (Å²) >= 11 is 0. The minimum atomic E-state index is -0.550. The molecule has 1 aliphatic heterocycles. The first kappa shape index (κ1) is 25.0. The number of carbonyl (C=O) groups excluding carboxylic acids is 1. The van der Waals surface area contributed by atoms with Gasteiger partial charge in [-0.25, -0.2) is 14.4 Å². The highest BCUT2D eigenvalue weighted by Crippen LogP contribution is 2.41. The second-order valence-electron chi connectivity index (χ2n) is 11.0. The van der Waals surface area contributed by atoms with Gasteiger partial charge >= 0.3 is 0 Å². The van der Waals surface area contributed by atoms with Crippen LogP contribution >= 0.6 is 0 Å². The second kappa shape index (κ2) is 9.16.